The van der Waals surface area contributed by atoms with E-state index in [9.17, 15) is 8.42 Å². The largest absolute Gasteiger partial charge is 0.263 e. The summed E-state index contributed by atoms with van der Waals surface area (Å²) >= 11 is 1.57. The monoisotopic (exact) mass is 493 g/mol. The van der Waals surface area contributed by atoms with Crippen LogP contribution in [0.15, 0.2) is 77.0 Å². The van der Waals surface area contributed by atoms with E-state index in [1.165, 1.54) is 5.56 Å². The van der Waals surface area contributed by atoms with Crippen molar-refractivity contribution in [1.29, 1.82) is 0 Å². The quantitative estimate of drug-likeness (QED) is 0.243. The van der Waals surface area contributed by atoms with Crippen molar-refractivity contribution in [1.82, 2.24) is 9.78 Å². The number of unbranched alkanes of at least 4 members (excludes halogenated alkanes) is 2. The molecule has 5 nitrogen and oxygen atoms in total. The highest BCUT2D eigenvalue weighted by Gasteiger charge is 2.20. The number of aromatic nitrogens is 2. The summed E-state index contributed by atoms with van der Waals surface area (Å²) in [5.74, 6) is 0.416. The second kappa shape index (κ2) is 11.0. The fourth-order valence-corrected chi connectivity index (χ4v) is 5.51. The van der Waals surface area contributed by atoms with Crippen molar-refractivity contribution in [3.63, 3.8) is 0 Å². The van der Waals surface area contributed by atoms with Gasteiger partial charge in [-0.3, -0.25) is 4.72 Å². The Kier molecular flexibility index (Phi) is 7.85. The summed E-state index contributed by atoms with van der Waals surface area (Å²) in [7, 11) is -3.76. The average Bonchev–Trinajstić information content (AvgIpc) is 3.52. The third-order valence-corrected chi connectivity index (χ3v) is 8.04. The third kappa shape index (κ3) is 5.77. The minimum atomic E-state index is -3.76. The number of benzene rings is 2. The molecule has 0 saturated carbocycles. The molecule has 0 radical (unpaired) electrons. The standard InChI is InChI=1S/C27H31N3O2S2/c1-3-5-8-21-11-15-23(16-12-21)30-27(20-25(28-30)26-10-7-19-33-26)29-34(31,32)24-17-13-22(14-18-24)9-6-4-2/h7,10-20,29H,3-6,8-9H2,1-2H3. The van der Waals surface area contributed by atoms with Crippen LogP contribution in [0.3, 0.4) is 0 Å². The smallest absolute Gasteiger partial charge is 0.263 e. The second-order valence-corrected chi connectivity index (χ2v) is 11.1. The van der Waals surface area contributed by atoms with Crippen LogP contribution in [0.5, 0.6) is 0 Å². The van der Waals surface area contributed by atoms with Crippen molar-refractivity contribution >= 4 is 27.2 Å². The summed E-state index contributed by atoms with van der Waals surface area (Å²) in [6.07, 6.45) is 6.48. The lowest BCUT2D eigenvalue weighted by Gasteiger charge is -2.12. The zero-order valence-electron chi connectivity index (χ0n) is 19.7. The number of rotatable bonds is 11. The van der Waals surface area contributed by atoms with E-state index in [2.05, 4.69) is 30.7 Å². The van der Waals surface area contributed by atoms with Crippen LogP contribution >= 0.6 is 11.3 Å². The lowest BCUT2D eigenvalue weighted by atomic mass is 10.1. The number of nitrogens with one attached hydrogen (secondary N) is 1. The van der Waals surface area contributed by atoms with Crippen LogP contribution in [-0.4, -0.2) is 18.2 Å². The highest BCUT2D eigenvalue weighted by atomic mass is 32.2. The van der Waals surface area contributed by atoms with Crippen molar-refractivity contribution in [2.24, 2.45) is 0 Å². The highest BCUT2D eigenvalue weighted by Crippen LogP contribution is 2.29. The molecule has 0 bridgehead atoms. The third-order valence-electron chi connectivity index (χ3n) is 5.77. The van der Waals surface area contributed by atoms with Crippen LogP contribution < -0.4 is 4.72 Å². The molecule has 2 aromatic carbocycles. The average molecular weight is 494 g/mol. The van der Waals surface area contributed by atoms with Gasteiger partial charge in [0, 0.05) is 6.07 Å². The molecule has 0 fully saturated rings. The summed E-state index contributed by atoms with van der Waals surface area (Å²) < 4.78 is 30.9. The molecule has 1 N–H and O–H groups in total. The Bertz CT molecular complexity index is 1290. The Balaban J connectivity index is 1.65. The number of aryl methyl sites for hydroxylation is 2. The Morgan fingerprint density at radius 3 is 2.06 bits per heavy atom. The summed E-state index contributed by atoms with van der Waals surface area (Å²) in [6, 6.07) is 21.1. The second-order valence-electron chi connectivity index (χ2n) is 8.43. The Labute approximate surface area is 206 Å². The molecule has 0 saturated heterocycles. The van der Waals surface area contributed by atoms with Gasteiger partial charge in [0.05, 0.1) is 15.5 Å². The predicted octanol–water partition coefficient (Wildman–Crippen LogP) is 7.09. The summed E-state index contributed by atoms with van der Waals surface area (Å²) in [4.78, 5) is 1.23. The lowest BCUT2D eigenvalue weighted by Crippen LogP contribution is -2.16. The zero-order valence-corrected chi connectivity index (χ0v) is 21.3. The summed E-state index contributed by atoms with van der Waals surface area (Å²) in [6.45, 7) is 4.33. The summed E-state index contributed by atoms with van der Waals surface area (Å²) in [5, 5.41) is 6.73. The van der Waals surface area contributed by atoms with Crippen LogP contribution in [0.1, 0.15) is 50.7 Å². The molecule has 0 aliphatic heterocycles. The van der Waals surface area contributed by atoms with Gasteiger partial charge in [-0.1, -0.05) is 57.0 Å². The van der Waals surface area contributed by atoms with Gasteiger partial charge >= 0.3 is 0 Å². The fourth-order valence-electron chi connectivity index (χ4n) is 3.79. The molecular weight excluding hydrogens is 462 g/mol. The first-order chi connectivity index (χ1) is 16.5. The van der Waals surface area contributed by atoms with E-state index in [1.807, 2.05) is 41.8 Å². The van der Waals surface area contributed by atoms with Crippen molar-refractivity contribution in [2.45, 2.75) is 57.3 Å². The molecule has 0 amide bonds. The highest BCUT2D eigenvalue weighted by molar-refractivity contribution is 7.92. The number of hydrogen-bond acceptors (Lipinski definition) is 4. The minimum absolute atomic E-state index is 0.244. The molecule has 7 heteroatoms. The topological polar surface area (TPSA) is 64.0 Å². The molecule has 34 heavy (non-hydrogen) atoms. The van der Waals surface area contributed by atoms with Gasteiger partial charge in [0.1, 0.15) is 11.5 Å². The van der Waals surface area contributed by atoms with E-state index in [0.717, 1.165) is 60.3 Å². The lowest BCUT2D eigenvalue weighted by molar-refractivity contribution is 0.600. The number of thiophene rings is 1. The molecule has 4 aromatic rings. The fraction of sp³-hybridized carbons (Fsp3) is 0.296. The maximum atomic E-state index is 13.2. The normalized spacial score (nSPS) is 11.6. The van der Waals surface area contributed by atoms with Crippen LogP contribution in [0.25, 0.3) is 16.3 Å². The van der Waals surface area contributed by atoms with Crippen molar-refractivity contribution in [3.05, 3.63) is 83.2 Å². The van der Waals surface area contributed by atoms with Gasteiger partial charge in [0.15, 0.2) is 0 Å². The van der Waals surface area contributed by atoms with E-state index in [1.54, 1.807) is 34.2 Å². The first-order valence-corrected chi connectivity index (χ1v) is 14.2. The maximum absolute atomic E-state index is 13.2. The molecule has 0 unspecified atom stereocenters. The van der Waals surface area contributed by atoms with Crippen LogP contribution in [-0.2, 0) is 22.9 Å². The van der Waals surface area contributed by atoms with Crippen LogP contribution in [0.2, 0.25) is 0 Å². The van der Waals surface area contributed by atoms with E-state index in [-0.39, 0.29) is 4.90 Å². The molecule has 0 aliphatic carbocycles. The van der Waals surface area contributed by atoms with Gasteiger partial charge in [-0.25, -0.2) is 13.1 Å². The predicted molar refractivity (Wildman–Crippen MR) is 141 cm³/mol. The zero-order chi connectivity index (χ0) is 24.0. The van der Waals surface area contributed by atoms with Gasteiger partial charge in [-0.05, 0) is 72.5 Å². The SMILES string of the molecule is CCCCc1ccc(-n2nc(-c3cccs3)cc2NS(=O)(=O)c2ccc(CCCC)cc2)cc1. The Hall–Kier alpha value is -2.90. The van der Waals surface area contributed by atoms with Gasteiger partial charge in [-0.15, -0.1) is 11.3 Å². The minimum Gasteiger partial charge on any atom is -0.263 e. The Morgan fingerprint density at radius 2 is 1.50 bits per heavy atom. The van der Waals surface area contributed by atoms with E-state index >= 15 is 0 Å². The molecule has 178 valence electrons. The Morgan fingerprint density at radius 1 is 0.882 bits per heavy atom. The first kappa shape index (κ1) is 24.2. The van der Waals surface area contributed by atoms with Gasteiger partial charge < -0.3 is 0 Å². The number of hydrogen-bond donors (Lipinski definition) is 1. The number of anilines is 1. The summed E-state index contributed by atoms with van der Waals surface area (Å²) in [5.41, 5.74) is 3.96. The van der Waals surface area contributed by atoms with Crippen LogP contribution in [0, 0.1) is 0 Å². The molecule has 4 rings (SSSR count). The van der Waals surface area contributed by atoms with Gasteiger partial charge in [0.25, 0.3) is 10.0 Å². The van der Waals surface area contributed by atoms with Gasteiger partial charge in [-0.2, -0.15) is 5.10 Å². The molecular formula is C27H31N3O2S2. The van der Waals surface area contributed by atoms with Crippen molar-refractivity contribution in [2.75, 3.05) is 4.72 Å². The van der Waals surface area contributed by atoms with Gasteiger partial charge in [0.2, 0.25) is 0 Å². The molecule has 0 atom stereocenters. The van der Waals surface area contributed by atoms with Crippen molar-refractivity contribution < 1.29 is 8.42 Å². The van der Waals surface area contributed by atoms with E-state index < -0.39 is 10.0 Å². The first-order valence-electron chi connectivity index (χ1n) is 11.8. The van der Waals surface area contributed by atoms with E-state index in [0.29, 0.717) is 5.82 Å². The maximum Gasteiger partial charge on any atom is 0.263 e. The molecule has 2 aromatic heterocycles. The number of sulfonamides is 1. The molecule has 0 aliphatic rings. The molecule has 2 heterocycles. The van der Waals surface area contributed by atoms with Crippen molar-refractivity contribution in [3.8, 4) is 16.3 Å². The number of nitrogens with zero attached hydrogens (tertiary/aromatic N) is 2. The van der Waals surface area contributed by atoms with E-state index in [4.69, 9.17) is 5.10 Å². The van der Waals surface area contributed by atoms with Crippen LogP contribution in [0.4, 0.5) is 5.82 Å². The molecule has 0 spiro atoms.